The van der Waals surface area contributed by atoms with Gasteiger partial charge < -0.3 is 5.32 Å². The molecular formula is C21H17FN2O2S2. The number of nitrogens with one attached hydrogen (secondary N) is 1. The van der Waals surface area contributed by atoms with Crippen LogP contribution in [0.15, 0.2) is 60.0 Å². The van der Waals surface area contributed by atoms with Crippen molar-refractivity contribution < 1.29 is 14.0 Å². The lowest BCUT2D eigenvalue weighted by molar-refractivity contribution is -0.115. The highest BCUT2D eigenvalue weighted by molar-refractivity contribution is 8.00. The van der Waals surface area contributed by atoms with Crippen LogP contribution in [0.3, 0.4) is 0 Å². The van der Waals surface area contributed by atoms with Crippen molar-refractivity contribution in [3.8, 4) is 0 Å². The fraction of sp³-hybridized carbons (Fsp3) is 0.143. The predicted molar refractivity (Wildman–Crippen MR) is 113 cm³/mol. The minimum Gasteiger partial charge on any atom is -0.321 e. The minimum absolute atomic E-state index is 0.0586. The lowest BCUT2D eigenvalue weighted by atomic mass is 10.1. The van der Waals surface area contributed by atoms with E-state index in [1.165, 1.54) is 29.2 Å². The number of amides is 2. The molecule has 0 radical (unpaired) electrons. The van der Waals surface area contributed by atoms with Crippen LogP contribution in [-0.2, 0) is 4.79 Å². The second kappa shape index (κ2) is 7.77. The largest absolute Gasteiger partial charge is 0.321 e. The van der Waals surface area contributed by atoms with E-state index in [1.54, 1.807) is 30.0 Å². The lowest BCUT2D eigenvalue weighted by Crippen LogP contribution is -2.28. The lowest BCUT2D eigenvalue weighted by Gasteiger charge is -2.26. The number of thioether (sulfide) groups is 1. The molecular weight excluding hydrogens is 395 g/mol. The number of hydrogen-bond acceptors (Lipinski definition) is 4. The van der Waals surface area contributed by atoms with Crippen LogP contribution < -0.4 is 10.2 Å². The summed E-state index contributed by atoms with van der Waals surface area (Å²) in [6.45, 7) is 1.68. The topological polar surface area (TPSA) is 49.4 Å². The van der Waals surface area contributed by atoms with Crippen molar-refractivity contribution in [3.63, 3.8) is 0 Å². The second-order valence-electron chi connectivity index (χ2n) is 6.37. The molecule has 0 bridgehead atoms. The van der Waals surface area contributed by atoms with Crippen molar-refractivity contribution in [1.29, 1.82) is 0 Å². The van der Waals surface area contributed by atoms with Crippen LogP contribution in [0.25, 0.3) is 0 Å². The van der Waals surface area contributed by atoms with Crippen LogP contribution in [0, 0.1) is 12.7 Å². The quantitative estimate of drug-likeness (QED) is 0.639. The van der Waals surface area contributed by atoms with Crippen LogP contribution in [-0.4, -0.2) is 17.6 Å². The predicted octanol–water partition coefficient (Wildman–Crippen LogP) is 5.23. The number of rotatable bonds is 4. The van der Waals surface area contributed by atoms with E-state index in [2.05, 4.69) is 5.32 Å². The van der Waals surface area contributed by atoms with E-state index in [0.29, 0.717) is 27.6 Å². The Labute approximate surface area is 170 Å². The fourth-order valence-electron chi connectivity index (χ4n) is 3.16. The summed E-state index contributed by atoms with van der Waals surface area (Å²) in [5.74, 6) is -0.235. The van der Waals surface area contributed by atoms with Gasteiger partial charge in [0.1, 0.15) is 11.2 Å². The van der Waals surface area contributed by atoms with E-state index in [-0.39, 0.29) is 23.0 Å². The standard InChI is InChI=1S/C21H17FN2O2S2/c1-13-16(22)7-3-8-17(13)24-19(25)12-28-21(24)14-5-2-6-15(11-14)23-20(26)18-9-4-10-27-18/h2-11,21H,12H2,1H3,(H,23,26). The zero-order valence-electron chi connectivity index (χ0n) is 15.0. The smallest absolute Gasteiger partial charge is 0.265 e. The maximum Gasteiger partial charge on any atom is 0.265 e. The van der Waals surface area contributed by atoms with Gasteiger partial charge in [0.25, 0.3) is 5.91 Å². The van der Waals surface area contributed by atoms with E-state index in [0.717, 1.165) is 5.56 Å². The van der Waals surface area contributed by atoms with Gasteiger partial charge in [-0.1, -0.05) is 24.3 Å². The Bertz CT molecular complexity index is 1040. The molecule has 28 heavy (non-hydrogen) atoms. The second-order valence-corrected chi connectivity index (χ2v) is 8.38. The molecule has 0 saturated carbocycles. The molecule has 2 amide bonds. The molecule has 4 rings (SSSR count). The van der Waals surface area contributed by atoms with E-state index in [9.17, 15) is 14.0 Å². The molecule has 7 heteroatoms. The Balaban J connectivity index is 1.63. The number of thiophene rings is 1. The Kier molecular flexibility index (Phi) is 5.19. The zero-order valence-corrected chi connectivity index (χ0v) is 16.6. The van der Waals surface area contributed by atoms with E-state index in [1.807, 2.05) is 35.7 Å². The van der Waals surface area contributed by atoms with Gasteiger partial charge in [-0.3, -0.25) is 14.5 Å². The van der Waals surface area contributed by atoms with Gasteiger partial charge in [-0.25, -0.2) is 4.39 Å². The highest BCUT2D eigenvalue weighted by Gasteiger charge is 2.35. The van der Waals surface area contributed by atoms with Gasteiger partial charge in [-0.05, 0) is 48.2 Å². The van der Waals surface area contributed by atoms with Gasteiger partial charge in [-0.2, -0.15) is 0 Å². The first-order valence-corrected chi connectivity index (χ1v) is 10.6. The molecule has 1 saturated heterocycles. The summed E-state index contributed by atoms with van der Waals surface area (Å²) < 4.78 is 14.0. The minimum atomic E-state index is -0.335. The SMILES string of the molecule is Cc1c(F)cccc1N1C(=O)CSC1c1cccc(NC(=O)c2cccs2)c1. The Hall–Kier alpha value is -2.64. The third-order valence-corrected chi connectivity index (χ3v) is 6.62. The monoisotopic (exact) mass is 412 g/mol. The molecule has 0 aliphatic carbocycles. The van der Waals surface area contributed by atoms with Crippen LogP contribution in [0.1, 0.15) is 26.2 Å². The van der Waals surface area contributed by atoms with Gasteiger partial charge in [0.15, 0.2) is 0 Å². The first-order chi connectivity index (χ1) is 13.5. The van der Waals surface area contributed by atoms with Gasteiger partial charge in [0, 0.05) is 11.3 Å². The molecule has 1 N–H and O–H groups in total. The van der Waals surface area contributed by atoms with Crippen LogP contribution in [0.4, 0.5) is 15.8 Å². The summed E-state index contributed by atoms with van der Waals surface area (Å²) >= 11 is 2.87. The summed E-state index contributed by atoms with van der Waals surface area (Å²) in [5.41, 5.74) is 2.56. The van der Waals surface area contributed by atoms with Crippen LogP contribution in [0.5, 0.6) is 0 Å². The number of halogens is 1. The molecule has 4 nitrogen and oxygen atoms in total. The number of nitrogens with zero attached hydrogens (tertiary/aromatic N) is 1. The molecule has 1 aliphatic rings. The highest BCUT2D eigenvalue weighted by Crippen LogP contribution is 2.43. The Morgan fingerprint density at radius 1 is 1.18 bits per heavy atom. The summed E-state index contributed by atoms with van der Waals surface area (Å²) in [5, 5.41) is 4.47. The molecule has 1 aromatic heterocycles. The van der Waals surface area contributed by atoms with E-state index < -0.39 is 0 Å². The van der Waals surface area contributed by atoms with Crippen LogP contribution in [0.2, 0.25) is 0 Å². The molecule has 142 valence electrons. The zero-order chi connectivity index (χ0) is 19.7. The average molecular weight is 413 g/mol. The molecule has 1 aliphatic heterocycles. The molecule has 1 atom stereocenters. The summed E-state index contributed by atoms with van der Waals surface area (Å²) in [7, 11) is 0. The van der Waals surface area contributed by atoms with Crippen molar-refractivity contribution in [1.82, 2.24) is 0 Å². The molecule has 1 fully saturated rings. The van der Waals surface area contributed by atoms with Crippen LogP contribution >= 0.6 is 23.1 Å². The molecule has 2 heterocycles. The molecule has 3 aromatic rings. The average Bonchev–Trinajstić information content (AvgIpc) is 3.34. The van der Waals surface area contributed by atoms with Gasteiger partial charge in [0.05, 0.1) is 16.3 Å². The van der Waals surface area contributed by atoms with Crippen molar-refractivity contribution >= 4 is 46.3 Å². The van der Waals surface area contributed by atoms with Crippen molar-refractivity contribution in [2.75, 3.05) is 16.0 Å². The number of carbonyl (C=O) groups excluding carboxylic acids is 2. The fourth-order valence-corrected chi connectivity index (χ4v) is 4.94. The highest BCUT2D eigenvalue weighted by atomic mass is 32.2. The molecule has 1 unspecified atom stereocenters. The van der Waals surface area contributed by atoms with Crippen molar-refractivity contribution in [2.24, 2.45) is 0 Å². The Morgan fingerprint density at radius 2 is 2.00 bits per heavy atom. The third kappa shape index (κ3) is 3.55. The number of anilines is 2. The maximum atomic E-state index is 14.0. The normalized spacial score (nSPS) is 16.4. The van der Waals surface area contributed by atoms with Gasteiger partial charge in [0.2, 0.25) is 5.91 Å². The number of carbonyl (C=O) groups is 2. The van der Waals surface area contributed by atoms with E-state index >= 15 is 0 Å². The third-order valence-electron chi connectivity index (χ3n) is 4.54. The van der Waals surface area contributed by atoms with E-state index in [4.69, 9.17) is 0 Å². The van der Waals surface area contributed by atoms with Gasteiger partial charge >= 0.3 is 0 Å². The summed E-state index contributed by atoms with van der Waals surface area (Å²) in [4.78, 5) is 27.1. The molecule has 2 aromatic carbocycles. The maximum absolute atomic E-state index is 14.0. The van der Waals surface area contributed by atoms with Crippen molar-refractivity contribution in [2.45, 2.75) is 12.3 Å². The van der Waals surface area contributed by atoms with Gasteiger partial charge in [-0.15, -0.1) is 23.1 Å². The first kappa shape index (κ1) is 18.7. The number of hydrogen-bond donors (Lipinski definition) is 1. The Morgan fingerprint density at radius 3 is 2.79 bits per heavy atom. The summed E-state index contributed by atoms with van der Waals surface area (Å²) in [6, 6.07) is 15.8. The number of benzene rings is 2. The molecule has 0 spiro atoms. The first-order valence-electron chi connectivity index (χ1n) is 8.68. The van der Waals surface area contributed by atoms with Crippen molar-refractivity contribution in [3.05, 3.63) is 81.8 Å². The summed E-state index contributed by atoms with van der Waals surface area (Å²) in [6.07, 6.45) is 0.